The third-order valence-electron chi connectivity index (χ3n) is 5.99. The number of hydrogen-bond acceptors (Lipinski definition) is 6. The first-order valence-electron chi connectivity index (χ1n) is 11.9. The van der Waals surface area contributed by atoms with Crippen LogP contribution in [0.4, 0.5) is 11.5 Å². The van der Waals surface area contributed by atoms with Crippen molar-refractivity contribution < 1.29 is 13.2 Å². The van der Waals surface area contributed by atoms with Gasteiger partial charge in [-0.2, -0.15) is 0 Å². The van der Waals surface area contributed by atoms with Crippen LogP contribution in [0.3, 0.4) is 0 Å². The lowest BCUT2D eigenvalue weighted by Crippen LogP contribution is -2.45. The zero-order chi connectivity index (χ0) is 24.9. The second-order valence-electron chi connectivity index (χ2n) is 9.79. The van der Waals surface area contributed by atoms with E-state index in [1.54, 1.807) is 30.1 Å². The van der Waals surface area contributed by atoms with Gasteiger partial charge in [-0.3, -0.25) is 9.52 Å². The number of carbonyl (C=O) groups excluding carboxylic acids is 1. The van der Waals surface area contributed by atoms with Gasteiger partial charge in [-0.25, -0.2) is 13.4 Å². The number of nitrogens with zero attached hydrogens (tertiary/aromatic N) is 3. The van der Waals surface area contributed by atoms with E-state index in [4.69, 9.17) is 0 Å². The fraction of sp³-hybridized carbons (Fsp3) is 0.520. The van der Waals surface area contributed by atoms with Crippen molar-refractivity contribution in [2.24, 2.45) is 0 Å². The minimum atomic E-state index is -3.83. The highest BCUT2D eigenvalue weighted by atomic mass is 32.2. The van der Waals surface area contributed by atoms with Crippen molar-refractivity contribution >= 4 is 27.4 Å². The lowest BCUT2D eigenvalue weighted by atomic mass is 9.87. The highest BCUT2D eigenvalue weighted by molar-refractivity contribution is 7.92. The highest BCUT2D eigenvalue weighted by Crippen LogP contribution is 2.27. The van der Waals surface area contributed by atoms with E-state index >= 15 is 0 Å². The average Bonchev–Trinajstić information content (AvgIpc) is 2.82. The Labute approximate surface area is 203 Å². The Kier molecular flexibility index (Phi) is 8.20. The van der Waals surface area contributed by atoms with Gasteiger partial charge < -0.3 is 15.1 Å². The molecule has 2 N–H and O–H groups in total. The Morgan fingerprint density at radius 3 is 2.41 bits per heavy atom. The summed E-state index contributed by atoms with van der Waals surface area (Å²) in [5.41, 5.74) is 1.66. The molecule has 0 atom stereocenters. The highest BCUT2D eigenvalue weighted by Gasteiger charge is 2.24. The lowest BCUT2D eigenvalue weighted by molar-refractivity contribution is 0.0793. The van der Waals surface area contributed by atoms with Gasteiger partial charge in [0.25, 0.3) is 15.9 Å². The number of unbranched alkanes of at least 4 members (excludes halogenated alkanes) is 1. The van der Waals surface area contributed by atoms with Crippen molar-refractivity contribution in [3.05, 3.63) is 47.7 Å². The van der Waals surface area contributed by atoms with Crippen LogP contribution >= 0.6 is 0 Å². The van der Waals surface area contributed by atoms with E-state index < -0.39 is 10.0 Å². The number of rotatable bonds is 8. The molecule has 3 rings (SSSR count). The smallest absolute Gasteiger partial charge is 0.261 e. The fourth-order valence-electron chi connectivity index (χ4n) is 3.85. The van der Waals surface area contributed by atoms with Crippen molar-refractivity contribution in [2.75, 3.05) is 49.4 Å². The number of aromatic nitrogens is 1. The van der Waals surface area contributed by atoms with E-state index in [9.17, 15) is 13.2 Å². The van der Waals surface area contributed by atoms with E-state index in [0.29, 0.717) is 17.9 Å². The molecule has 0 spiro atoms. The van der Waals surface area contributed by atoms with Crippen LogP contribution in [0.15, 0.2) is 41.4 Å². The summed E-state index contributed by atoms with van der Waals surface area (Å²) in [6, 6.07) is 8.48. The van der Waals surface area contributed by atoms with Gasteiger partial charge >= 0.3 is 0 Å². The first-order chi connectivity index (χ1) is 16.0. The van der Waals surface area contributed by atoms with Crippen molar-refractivity contribution in [3.63, 3.8) is 0 Å². The molecule has 1 aliphatic rings. The van der Waals surface area contributed by atoms with Gasteiger partial charge in [-0.1, -0.05) is 46.2 Å². The summed E-state index contributed by atoms with van der Waals surface area (Å²) in [4.78, 5) is 21.7. The van der Waals surface area contributed by atoms with E-state index in [1.165, 1.54) is 6.20 Å². The average molecular weight is 488 g/mol. The summed E-state index contributed by atoms with van der Waals surface area (Å²) in [5.74, 6) is 0.428. The number of nitrogens with one attached hydrogen (secondary N) is 2. The number of pyridine rings is 1. The molecular formula is C25H37N5O3S. The van der Waals surface area contributed by atoms with Crippen molar-refractivity contribution in [3.8, 4) is 0 Å². The fourth-order valence-corrected chi connectivity index (χ4v) is 4.88. The number of hydrogen-bond donors (Lipinski definition) is 2. The second kappa shape index (κ2) is 10.7. The summed E-state index contributed by atoms with van der Waals surface area (Å²) < 4.78 is 28.7. The normalized spacial score (nSPS) is 14.7. The lowest BCUT2D eigenvalue weighted by Gasteiger charge is -2.30. The number of amides is 1. The maximum Gasteiger partial charge on any atom is 0.261 e. The molecule has 0 saturated carbocycles. The largest absolute Gasteiger partial charge is 0.353 e. The van der Waals surface area contributed by atoms with Crippen LogP contribution in [-0.4, -0.2) is 64.0 Å². The summed E-state index contributed by atoms with van der Waals surface area (Å²) in [6.45, 7) is 12.0. The first kappa shape index (κ1) is 26.0. The molecule has 1 amide bonds. The summed E-state index contributed by atoms with van der Waals surface area (Å²) in [6.07, 6.45) is 3.37. The molecule has 1 saturated heterocycles. The van der Waals surface area contributed by atoms with Crippen LogP contribution in [-0.2, 0) is 15.4 Å². The third-order valence-corrected chi connectivity index (χ3v) is 7.39. The van der Waals surface area contributed by atoms with E-state index in [1.807, 2.05) is 12.1 Å². The van der Waals surface area contributed by atoms with E-state index in [-0.39, 0.29) is 21.9 Å². The van der Waals surface area contributed by atoms with Gasteiger partial charge in [0, 0.05) is 39.8 Å². The zero-order valence-electron chi connectivity index (χ0n) is 20.9. The monoisotopic (exact) mass is 487 g/mol. The maximum atomic E-state index is 13.3. The standard InChI is InChI=1S/C25H37N5O3S/c1-6-7-14-29(5)24(31)22-17-20(18-27-23(22)30-15-12-26-13-16-30)28-34(32,33)21-10-8-19(9-11-21)25(2,3)4/h8-11,17-18,26,28H,6-7,12-16H2,1-5H3. The number of benzene rings is 1. The number of piperazine rings is 1. The second-order valence-corrected chi connectivity index (χ2v) is 11.5. The molecule has 0 bridgehead atoms. The summed E-state index contributed by atoms with van der Waals surface area (Å²) in [7, 11) is -2.06. The van der Waals surface area contributed by atoms with Gasteiger partial charge in [0.1, 0.15) is 5.82 Å². The molecule has 0 radical (unpaired) electrons. The van der Waals surface area contributed by atoms with E-state index in [0.717, 1.165) is 44.6 Å². The molecule has 34 heavy (non-hydrogen) atoms. The molecule has 1 aliphatic heterocycles. The Morgan fingerprint density at radius 1 is 1.18 bits per heavy atom. The third kappa shape index (κ3) is 6.27. The van der Waals surface area contributed by atoms with Gasteiger partial charge in [0.05, 0.1) is 22.3 Å². The number of anilines is 2. The molecule has 0 aliphatic carbocycles. The Bertz CT molecular complexity index is 1090. The van der Waals surface area contributed by atoms with Crippen LogP contribution in [0, 0.1) is 0 Å². The van der Waals surface area contributed by atoms with Crippen LogP contribution in [0.1, 0.15) is 56.5 Å². The van der Waals surface area contributed by atoms with Gasteiger partial charge in [0.2, 0.25) is 0 Å². The zero-order valence-corrected chi connectivity index (χ0v) is 21.7. The predicted molar refractivity (Wildman–Crippen MR) is 137 cm³/mol. The number of sulfonamides is 1. The topological polar surface area (TPSA) is 94.6 Å². The summed E-state index contributed by atoms with van der Waals surface area (Å²) >= 11 is 0. The number of carbonyl (C=O) groups is 1. The molecule has 1 aromatic carbocycles. The minimum absolute atomic E-state index is 0.0709. The molecule has 1 aromatic heterocycles. The summed E-state index contributed by atoms with van der Waals surface area (Å²) in [5, 5.41) is 3.30. The Hall–Kier alpha value is -2.65. The molecule has 8 nitrogen and oxygen atoms in total. The van der Waals surface area contributed by atoms with Crippen LogP contribution in [0.2, 0.25) is 0 Å². The minimum Gasteiger partial charge on any atom is -0.353 e. The maximum absolute atomic E-state index is 13.3. The molecule has 9 heteroatoms. The quantitative estimate of drug-likeness (QED) is 0.592. The van der Waals surface area contributed by atoms with Gasteiger partial charge in [-0.15, -0.1) is 0 Å². The Balaban J connectivity index is 1.91. The van der Waals surface area contributed by atoms with Gasteiger partial charge in [0.15, 0.2) is 0 Å². The van der Waals surface area contributed by atoms with Crippen molar-refractivity contribution in [2.45, 2.75) is 50.8 Å². The molecule has 2 aromatic rings. The van der Waals surface area contributed by atoms with Crippen LogP contribution < -0.4 is 14.9 Å². The molecule has 1 fully saturated rings. The van der Waals surface area contributed by atoms with Crippen LogP contribution in [0.25, 0.3) is 0 Å². The molecule has 186 valence electrons. The van der Waals surface area contributed by atoms with Gasteiger partial charge in [-0.05, 0) is 35.6 Å². The van der Waals surface area contributed by atoms with Crippen molar-refractivity contribution in [1.82, 2.24) is 15.2 Å². The molecule has 0 unspecified atom stereocenters. The molecular weight excluding hydrogens is 450 g/mol. The van der Waals surface area contributed by atoms with Crippen molar-refractivity contribution in [1.29, 1.82) is 0 Å². The predicted octanol–water partition coefficient (Wildman–Crippen LogP) is 3.46. The SMILES string of the molecule is CCCCN(C)C(=O)c1cc(NS(=O)(=O)c2ccc(C(C)(C)C)cc2)cnc1N1CCNCC1. The van der Waals surface area contributed by atoms with E-state index in [2.05, 4.69) is 47.6 Å². The molecule has 2 heterocycles. The first-order valence-corrected chi connectivity index (χ1v) is 13.4. The Morgan fingerprint density at radius 2 is 1.82 bits per heavy atom. The van der Waals surface area contributed by atoms with Crippen LogP contribution in [0.5, 0.6) is 0 Å².